The average molecular weight is 497 g/mol. The monoisotopic (exact) mass is 496 g/mol. The van der Waals surface area contributed by atoms with Gasteiger partial charge in [0, 0.05) is 18.5 Å². The second-order valence-corrected chi connectivity index (χ2v) is 8.61. The fourth-order valence-corrected chi connectivity index (χ4v) is 4.08. The molecule has 0 saturated carbocycles. The summed E-state index contributed by atoms with van der Waals surface area (Å²) in [4.78, 5) is 37.1. The summed E-state index contributed by atoms with van der Waals surface area (Å²) < 4.78 is 9.93. The molecule has 0 amide bonds. The van der Waals surface area contributed by atoms with Crippen LogP contribution in [0, 0.1) is 13.8 Å². The predicted molar refractivity (Wildman–Crippen MR) is 140 cm³/mol. The summed E-state index contributed by atoms with van der Waals surface area (Å²) in [6.45, 7) is 4.66. The van der Waals surface area contributed by atoms with E-state index in [9.17, 15) is 9.59 Å². The highest BCUT2D eigenvalue weighted by molar-refractivity contribution is 5.91. The quantitative estimate of drug-likeness (QED) is 0.245. The number of aryl methyl sites for hydroxylation is 2. The van der Waals surface area contributed by atoms with Gasteiger partial charge in [0.2, 0.25) is 5.95 Å². The highest BCUT2D eigenvalue weighted by Crippen LogP contribution is 2.22. The molecule has 8 nitrogen and oxygen atoms in total. The topological polar surface area (TPSA) is 103 Å². The zero-order chi connectivity index (χ0) is 26.2. The van der Waals surface area contributed by atoms with Crippen LogP contribution in [0.5, 0.6) is 0 Å². The summed E-state index contributed by atoms with van der Waals surface area (Å²) in [5, 5.41) is 3.32. The predicted octanol–water partition coefficient (Wildman–Crippen LogP) is 4.87. The third-order valence-corrected chi connectivity index (χ3v) is 5.90. The van der Waals surface area contributed by atoms with Crippen LogP contribution in [-0.2, 0) is 33.7 Å². The maximum absolute atomic E-state index is 12.3. The Morgan fingerprint density at radius 3 is 2.19 bits per heavy atom. The van der Waals surface area contributed by atoms with Gasteiger partial charge in [0.1, 0.15) is 18.3 Å². The molecule has 0 bridgehead atoms. The summed E-state index contributed by atoms with van der Waals surface area (Å²) in [7, 11) is 1.36. The van der Waals surface area contributed by atoms with E-state index < -0.39 is 5.97 Å². The lowest BCUT2D eigenvalue weighted by Crippen LogP contribution is -2.12. The first kappa shape index (κ1) is 25.5. The molecule has 0 radical (unpaired) electrons. The van der Waals surface area contributed by atoms with Gasteiger partial charge in [0.25, 0.3) is 6.47 Å². The molecule has 1 heterocycles. The average Bonchev–Trinajstić information content (AvgIpc) is 2.89. The standard InChI is InChI=1S/C29H28N4O4/c1-19-12-13-25(20(2)14-19)30-29-32-26(15-21-8-4-5-10-23(21)17-37-18-34)31-27(33-29)16-22-9-6-7-11-24(22)28(35)36-3/h4-14,18H,15-17H2,1-3H3,(H,30,31,32,33). The van der Waals surface area contributed by atoms with Crippen molar-refractivity contribution in [2.24, 2.45) is 0 Å². The number of ether oxygens (including phenoxy) is 2. The van der Waals surface area contributed by atoms with Crippen molar-refractivity contribution in [1.29, 1.82) is 0 Å². The zero-order valence-electron chi connectivity index (χ0n) is 21.0. The Kier molecular flexibility index (Phi) is 8.20. The second-order valence-electron chi connectivity index (χ2n) is 8.61. The van der Waals surface area contributed by atoms with Crippen molar-refractivity contribution in [2.75, 3.05) is 12.4 Å². The number of anilines is 2. The van der Waals surface area contributed by atoms with Crippen LogP contribution in [0.15, 0.2) is 66.7 Å². The number of hydrogen-bond acceptors (Lipinski definition) is 8. The van der Waals surface area contributed by atoms with Crippen LogP contribution in [0.3, 0.4) is 0 Å². The molecule has 1 N–H and O–H groups in total. The van der Waals surface area contributed by atoms with Crippen LogP contribution in [0.2, 0.25) is 0 Å². The number of hydrogen-bond donors (Lipinski definition) is 1. The molecule has 0 aliphatic heterocycles. The molecule has 0 atom stereocenters. The third kappa shape index (κ3) is 6.55. The van der Waals surface area contributed by atoms with Gasteiger partial charge in [-0.15, -0.1) is 0 Å². The van der Waals surface area contributed by atoms with Crippen molar-refractivity contribution in [3.05, 3.63) is 112 Å². The van der Waals surface area contributed by atoms with Crippen LogP contribution in [0.1, 0.15) is 49.8 Å². The SMILES string of the molecule is COC(=O)c1ccccc1Cc1nc(Cc2ccccc2COC=O)nc(Nc2ccc(C)cc2C)n1. The van der Waals surface area contributed by atoms with Gasteiger partial charge in [-0.1, -0.05) is 60.2 Å². The fourth-order valence-electron chi connectivity index (χ4n) is 4.08. The summed E-state index contributed by atoms with van der Waals surface area (Å²) in [5.74, 6) is 1.05. The smallest absolute Gasteiger partial charge is 0.338 e. The minimum absolute atomic E-state index is 0.164. The molecule has 0 aliphatic rings. The van der Waals surface area contributed by atoms with E-state index in [-0.39, 0.29) is 6.61 Å². The van der Waals surface area contributed by atoms with Crippen molar-refractivity contribution in [3.8, 4) is 0 Å². The maximum Gasteiger partial charge on any atom is 0.338 e. The van der Waals surface area contributed by atoms with E-state index in [4.69, 9.17) is 14.5 Å². The maximum atomic E-state index is 12.3. The van der Waals surface area contributed by atoms with E-state index in [1.807, 2.05) is 62.4 Å². The van der Waals surface area contributed by atoms with E-state index in [1.54, 1.807) is 12.1 Å². The Morgan fingerprint density at radius 1 is 0.865 bits per heavy atom. The number of benzene rings is 3. The van der Waals surface area contributed by atoms with Crippen LogP contribution in [0.4, 0.5) is 11.6 Å². The van der Waals surface area contributed by atoms with Crippen molar-refractivity contribution < 1.29 is 19.1 Å². The Bertz CT molecular complexity index is 1420. The molecule has 0 aliphatic carbocycles. The fraction of sp³-hybridized carbons (Fsp3) is 0.207. The molecule has 3 aromatic carbocycles. The van der Waals surface area contributed by atoms with Crippen molar-refractivity contribution in [2.45, 2.75) is 33.3 Å². The van der Waals surface area contributed by atoms with Crippen molar-refractivity contribution in [3.63, 3.8) is 0 Å². The molecule has 1 aromatic heterocycles. The van der Waals surface area contributed by atoms with Gasteiger partial charge in [-0.2, -0.15) is 9.97 Å². The number of carbonyl (C=O) groups excluding carboxylic acids is 2. The number of carbonyl (C=O) groups is 2. The molecule has 0 saturated heterocycles. The molecular weight excluding hydrogens is 468 g/mol. The van der Waals surface area contributed by atoms with Gasteiger partial charge in [-0.05, 0) is 48.2 Å². The third-order valence-electron chi connectivity index (χ3n) is 5.90. The van der Waals surface area contributed by atoms with Crippen LogP contribution in [-0.4, -0.2) is 34.5 Å². The summed E-state index contributed by atoms with van der Waals surface area (Å²) >= 11 is 0. The molecule has 188 valence electrons. The van der Waals surface area contributed by atoms with Gasteiger partial charge in [-0.25, -0.2) is 9.78 Å². The van der Waals surface area contributed by atoms with Gasteiger partial charge in [0.15, 0.2) is 0 Å². The minimum Gasteiger partial charge on any atom is -0.465 e. The van der Waals surface area contributed by atoms with Gasteiger partial charge in [-0.3, -0.25) is 4.79 Å². The van der Waals surface area contributed by atoms with Crippen LogP contribution in [0.25, 0.3) is 0 Å². The van der Waals surface area contributed by atoms with Gasteiger partial charge < -0.3 is 14.8 Å². The second kappa shape index (κ2) is 11.9. The van der Waals surface area contributed by atoms with E-state index in [2.05, 4.69) is 21.4 Å². The summed E-state index contributed by atoms with van der Waals surface area (Å²) in [6, 6.07) is 21.0. The molecule has 4 aromatic rings. The Balaban J connectivity index is 1.72. The number of methoxy groups -OCH3 is 1. The van der Waals surface area contributed by atoms with Gasteiger partial charge in [0.05, 0.1) is 12.7 Å². The normalized spacial score (nSPS) is 10.6. The van der Waals surface area contributed by atoms with Crippen molar-refractivity contribution in [1.82, 2.24) is 15.0 Å². The number of aromatic nitrogens is 3. The number of nitrogens with zero attached hydrogens (tertiary/aromatic N) is 3. The Morgan fingerprint density at radius 2 is 1.51 bits per heavy atom. The van der Waals surface area contributed by atoms with Crippen LogP contribution < -0.4 is 5.32 Å². The first-order chi connectivity index (χ1) is 18.0. The molecular formula is C29H28N4O4. The van der Waals surface area contributed by atoms with E-state index in [0.717, 1.165) is 33.5 Å². The zero-order valence-corrected chi connectivity index (χ0v) is 21.0. The minimum atomic E-state index is -0.414. The summed E-state index contributed by atoms with van der Waals surface area (Å²) in [5.41, 5.74) is 6.15. The molecule has 37 heavy (non-hydrogen) atoms. The Labute approximate surface area is 215 Å². The van der Waals surface area contributed by atoms with E-state index in [0.29, 0.717) is 42.5 Å². The first-order valence-electron chi connectivity index (χ1n) is 11.8. The lowest BCUT2D eigenvalue weighted by atomic mass is 10.0. The van der Waals surface area contributed by atoms with E-state index >= 15 is 0 Å². The number of rotatable bonds is 10. The molecule has 4 rings (SSSR count). The Hall–Kier alpha value is -4.59. The number of nitrogens with one attached hydrogen (secondary N) is 1. The largest absolute Gasteiger partial charge is 0.465 e. The first-order valence-corrected chi connectivity index (χ1v) is 11.8. The highest BCUT2D eigenvalue weighted by atomic mass is 16.5. The molecule has 0 unspecified atom stereocenters. The summed E-state index contributed by atoms with van der Waals surface area (Å²) in [6.07, 6.45) is 0.729. The molecule has 8 heteroatoms. The van der Waals surface area contributed by atoms with Crippen molar-refractivity contribution >= 4 is 24.1 Å². The van der Waals surface area contributed by atoms with Gasteiger partial charge >= 0.3 is 5.97 Å². The molecule has 0 spiro atoms. The lowest BCUT2D eigenvalue weighted by Gasteiger charge is -2.13. The number of esters is 1. The lowest BCUT2D eigenvalue weighted by molar-refractivity contribution is -0.129. The highest BCUT2D eigenvalue weighted by Gasteiger charge is 2.16. The van der Waals surface area contributed by atoms with Crippen LogP contribution >= 0.6 is 0 Å². The molecule has 0 fully saturated rings. The van der Waals surface area contributed by atoms with E-state index in [1.165, 1.54) is 7.11 Å².